The van der Waals surface area contributed by atoms with Crippen molar-refractivity contribution in [2.24, 2.45) is 0 Å². The Morgan fingerprint density at radius 3 is 2.83 bits per heavy atom. The Hall–Kier alpha value is -4.00. The minimum atomic E-state index is 0.0585. The highest BCUT2D eigenvalue weighted by Crippen LogP contribution is 2.29. The number of nitrogens with zero attached hydrogens (tertiary/aromatic N) is 5. The number of piperidine rings is 1. The second-order valence-electron chi connectivity index (χ2n) is 9.05. The van der Waals surface area contributed by atoms with Crippen molar-refractivity contribution in [2.45, 2.75) is 39.2 Å². The third-order valence-electron chi connectivity index (χ3n) is 6.48. The number of hydrogen-bond acceptors (Lipinski definition) is 5. The van der Waals surface area contributed by atoms with Crippen molar-refractivity contribution in [3.05, 3.63) is 102 Å². The summed E-state index contributed by atoms with van der Waals surface area (Å²) in [5.41, 5.74) is 3.71. The van der Waals surface area contributed by atoms with Gasteiger partial charge in [0.2, 0.25) is 5.88 Å². The number of likely N-dealkylation sites (tertiary alicyclic amines) is 1. The van der Waals surface area contributed by atoms with Gasteiger partial charge in [0.05, 0.1) is 11.9 Å². The molecule has 2 aromatic carbocycles. The van der Waals surface area contributed by atoms with E-state index in [1.165, 1.54) is 0 Å². The minimum absolute atomic E-state index is 0.0585. The maximum absolute atomic E-state index is 13.6. The molecule has 0 radical (unpaired) electrons. The van der Waals surface area contributed by atoms with Crippen LogP contribution in [0.5, 0.6) is 11.6 Å². The van der Waals surface area contributed by atoms with Crippen LogP contribution in [0.3, 0.4) is 0 Å². The molecule has 0 unspecified atom stereocenters. The van der Waals surface area contributed by atoms with Gasteiger partial charge in [0.1, 0.15) is 11.6 Å². The van der Waals surface area contributed by atoms with Crippen LogP contribution in [0.4, 0.5) is 0 Å². The maximum Gasteiger partial charge on any atom is 0.254 e. The van der Waals surface area contributed by atoms with Crippen LogP contribution in [0, 0.1) is 13.8 Å². The van der Waals surface area contributed by atoms with Gasteiger partial charge in [0, 0.05) is 49.7 Å². The van der Waals surface area contributed by atoms with Crippen LogP contribution in [0.25, 0.3) is 0 Å². The highest BCUT2D eigenvalue weighted by Gasteiger charge is 2.28. The molecular formula is C28H29N5O2. The average Bonchev–Trinajstić information content (AvgIpc) is 3.28. The number of rotatable bonds is 6. The van der Waals surface area contributed by atoms with Gasteiger partial charge in [-0.3, -0.25) is 9.78 Å². The second-order valence-corrected chi connectivity index (χ2v) is 9.05. The molecule has 1 fully saturated rings. The van der Waals surface area contributed by atoms with E-state index < -0.39 is 0 Å². The van der Waals surface area contributed by atoms with E-state index in [4.69, 9.17) is 9.72 Å². The summed E-state index contributed by atoms with van der Waals surface area (Å²) in [4.78, 5) is 28.9. The first-order chi connectivity index (χ1) is 17.1. The molecule has 1 aliphatic heterocycles. The number of amides is 1. The van der Waals surface area contributed by atoms with Crippen LogP contribution in [0.1, 0.15) is 51.8 Å². The second kappa shape index (κ2) is 10.1. The first-order valence-electron chi connectivity index (χ1n) is 12.0. The van der Waals surface area contributed by atoms with Gasteiger partial charge >= 0.3 is 0 Å². The van der Waals surface area contributed by atoms with Gasteiger partial charge in [-0.2, -0.15) is 0 Å². The lowest BCUT2D eigenvalue weighted by molar-refractivity contribution is 0.0704. The molecule has 1 amide bonds. The van der Waals surface area contributed by atoms with Crippen molar-refractivity contribution in [1.82, 2.24) is 24.4 Å². The van der Waals surface area contributed by atoms with Gasteiger partial charge < -0.3 is 14.2 Å². The zero-order valence-corrected chi connectivity index (χ0v) is 20.1. The smallest absolute Gasteiger partial charge is 0.254 e. The largest absolute Gasteiger partial charge is 0.437 e. The van der Waals surface area contributed by atoms with Gasteiger partial charge in [-0.1, -0.05) is 30.3 Å². The van der Waals surface area contributed by atoms with E-state index in [-0.39, 0.29) is 11.8 Å². The summed E-state index contributed by atoms with van der Waals surface area (Å²) < 4.78 is 8.00. The lowest BCUT2D eigenvalue weighted by atomic mass is 9.94. The molecule has 0 aliphatic carbocycles. The van der Waals surface area contributed by atoms with Crippen molar-refractivity contribution < 1.29 is 9.53 Å². The molecule has 2 aromatic heterocycles. The van der Waals surface area contributed by atoms with Crippen molar-refractivity contribution >= 4 is 5.91 Å². The van der Waals surface area contributed by atoms with Crippen LogP contribution >= 0.6 is 0 Å². The molecular weight excluding hydrogens is 438 g/mol. The molecule has 35 heavy (non-hydrogen) atoms. The molecule has 5 rings (SSSR count). The number of aryl methyl sites for hydroxylation is 2. The van der Waals surface area contributed by atoms with Gasteiger partial charge in [0.25, 0.3) is 5.91 Å². The normalized spacial score (nSPS) is 15.7. The van der Waals surface area contributed by atoms with Crippen LogP contribution in [0.2, 0.25) is 0 Å². The third-order valence-corrected chi connectivity index (χ3v) is 6.48. The zero-order chi connectivity index (χ0) is 24.2. The zero-order valence-electron chi connectivity index (χ0n) is 20.1. The Balaban J connectivity index is 1.32. The van der Waals surface area contributed by atoms with Crippen molar-refractivity contribution in [3.8, 4) is 11.6 Å². The predicted molar refractivity (Wildman–Crippen MR) is 134 cm³/mol. The van der Waals surface area contributed by atoms with Crippen LogP contribution in [-0.2, 0) is 6.54 Å². The van der Waals surface area contributed by atoms with Crippen molar-refractivity contribution in [3.63, 3.8) is 0 Å². The average molecular weight is 468 g/mol. The molecule has 1 saturated heterocycles. The molecule has 0 spiro atoms. The summed E-state index contributed by atoms with van der Waals surface area (Å²) in [6, 6.07) is 15.7. The SMILES string of the molecule is Cc1cccc(Oc2cncc([C@@H]3CCCN(C(=O)c4ccccc4Cn4ccnc4C)C3)n2)c1. The summed E-state index contributed by atoms with van der Waals surface area (Å²) in [5.74, 6) is 2.31. The molecule has 7 heteroatoms. The summed E-state index contributed by atoms with van der Waals surface area (Å²) >= 11 is 0. The number of benzene rings is 2. The predicted octanol–water partition coefficient (Wildman–Crippen LogP) is 5.15. The minimum Gasteiger partial charge on any atom is -0.437 e. The van der Waals surface area contributed by atoms with Gasteiger partial charge in [-0.05, 0) is 56.0 Å². The van der Waals surface area contributed by atoms with Crippen LogP contribution < -0.4 is 4.74 Å². The Morgan fingerprint density at radius 2 is 2.00 bits per heavy atom. The van der Waals surface area contributed by atoms with E-state index in [9.17, 15) is 4.79 Å². The molecule has 3 heterocycles. The number of carbonyl (C=O) groups is 1. The molecule has 1 aliphatic rings. The van der Waals surface area contributed by atoms with Gasteiger partial charge in [-0.25, -0.2) is 9.97 Å². The maximum atomic E-state index is 13.6. The highest BCUT2D eigenvalue weighted by molar-refractivity contribution is 5.95. The summed E-state index contributed by atoms with van der Waals surface area (Å²) in [7, 11) is 0. The first-order valence-corrected chi connectivity index (χ1v) is 12.0. The fraction of sp³-hybridized carbons (Fsp3) is 0.286. The van der Waals surface area contributed by atoms with Crippen molar-refractivity contribution in [1.29, 1.82) is 0 Å². The number of ether oxygens (including phenoxy) is 1. The van der Waals surface area contributed by atoms with E-state index in [2.05, 4.69) is 14.5 Å². The first kappa shape index (κ1) is 22.8. The van der Waals surface area contributed by atoms with E-state index in [0.29, 0.717) is 19.0 Å². The Bertz CT molecular complexity index is 1330. The Kier molecular flexibility index (Phi) is 6.57. The number of hydrogen-bond donors (Lipinski definition) is 0. The lowest BCUT2D eigenvalue weighted by Gasteiger charge is -2.33. The summed E-state index contributed by atoms with van der Waals surface area (Å²) in [5, 5.41) is 0. The molecule has 0 saturated carbocycles. The van der Waals surface area contributed by atoms with E-state index in [1.807, 2.05) is 73.5 Å². The monoisotopic (exact) mass is 467 g/mol. The summed E-state index contributed by atoms with van der Waals surface area (Å²) in [6.07, 6.45) is 9.03. The van der Waals surface area contributed by atoms with Crippen LogP contribution in [-0.4, -0.2) is 43.4 Å². The molecule has 1 atom stereocenters. The standard InChI is InChI=1S/C28H29N5O2/c1-20-7-5-10-24(15-20)35-27-17-29-16-26(31-27)23-9-6-13-33(19-23)28(34)25-11-4-3-8-22(25)18-32-14-12-30-21(32)2/h3-5,7-8,10-12,14-17,23H,6,9,13,18-19H2,1-2H3/t23-/m1/s1. The number of carbonyl (C=O) groups excluding carboxylic acids is 1. The summed E-state index contributed by atoms with van der Waals surface area (Å²) in [6.45, 7) is 5.96. The van der Waals surface area contributed by atoms with Crippen LogP contribution in [0.15, 0.2) is 73.3 Å². The molecule has 0 N–H and O–H groups in total. The lowest BCUT2D eigenvalue weighted by Crippen LogP contribution is -2.39. The van der Waals surface area contributed by atoms with E-state index in [0.717, 1.165) is 53.3 Å². The molecule has 0 bridgehead atoms. The van der Waals surface area contributed by atoms with E-state index in [1.54, 1.807) is 18.6 Å². The van der Waals surface area contributed by atoms with Gasteiger partial charge in [0.15, 0.2) is 0 Å². The topological polar surface area (TPSA) is 73.1 Å². The Morgan fingerprint density at radius 1 is 1.11 bits per heavy atom. The molecule has 4 aromatic rings. The van der Waals surface area contributed by atoms with Gasteiger partial charge in [-0.15, -0.1) is 0 Å². The Labute approximate surface area is 205 Å². The number of imidazole rings is 1. The quantitative estimate of drug-likeness (QED) is 0.392. The third kappa shape index (κ3) is 5.24. The van der Waals surface area contributed by atoms with E-state index >= 15 is 0 Å². The van der Waals surface area contributed by atoms with Crippen molar-refractivity contribution in [2.75, 3.05) is 13.1 Å². The number of aromatic nitrogens is 4. The fourth-order valence-electron chi connectivity index (χ4n) is 4.60. The molecule has 7 nitrogen and oxygen atoms in total. The fourth-order valence-corrected chi connectivity index (χ4v) is 4.60. The highest BCUT2D eigenvalue weighted by atomic mass is 16.5. The molecule has 178 valence electrons.